The van der Waals surface area contributed by atoms with Crippen molar-refractivity contribution in [1.29, 1.82) is 0 Å². The molecule has 0 fully saturated rings. The molecule has 0 aromatic rings. The first-order valence-corrected chi connectivity index (χ1v) is 6.45. The molecule has 0 heterocycles. The van der Waals surface area contributed by atoms with Gasteiger partial charge in [0, 0.05) is 0 Å². The van der Waals surface area contributed by atoms with E-state index in [1.165, 1.54) is 12.8 Å². The van der Waals surface area contributed by atoms with Crippen LogP contribution in [0.1, 0.15) is 19.8 Å². The monoisotopic (exact) mass is 434 g/mol. The van der Waals surface area contributed by atoms with Gasteiger partial charge in [-0.1, -0.05) is 0 Å². The number of hydrogen-bond donors (Lipinski definition) is 0. The summed E-state index contributed by atoms with van der Waals surface area (Å²) < 4.78 is 1.55. The van der Waals surface area contributed by atoms with Crippen molar-refractivity contribution in [2.45, 2.75) is 24.2 Å². The van der Waals surface area contributed by atoms with Crippen molar-refractivity contribution in [3.05, 3.63) is 0 Å². The summed E-state index contributed by atoms with van der Waals surface area (Å²) in [7, 11) is 0. The second-order valence-electron chi connectivity index (χ2n) is 1.35. The van der Waals surface area contributed by atoms with Gasteiger partial charge in [0.05, 0.1) is 0 Å². The summed E-state index contributed by atoms with van der Waals surface area (Å²) in [6.45, 7) is 2.25. The molecule has 3 heteroatoms. The summed E-state index contributed by atoms with van der Waals surface area (Å²) >= 11 is 0.982. The van der Waals surface area contributed by atoms with E-state index in [1.807, 2.05) is 0 Å². The maximum absolute atomic E-state index is 2.25. The minimum atomic E-state index is 0. The minimum absolute atomic E-state index is 0. The van der Waals surface area contributed by atoms with E-state index in [0.717, 1.165) is 22.5 Å². The van der Waals surface area contributed by atoms with Gasteiger partial charge in [-0.3, -0.25) is 0 Å². The van der Waals surface area contributed by atoms with Gasteiger partial charge in [-0.25, -0.2) is 0 Å². The molecule has 0 bridgehead atoms. The Kier molecular flexibility index (Phi) is 36.2. The molecule has 0 aromatic carbocycles. The van der Waals surface area contributed by atoms with Crippen molar-refractivity contribution in [2.75, 3.05) is 0 Å². The van der Waals surface area contributed by atoms with Gasteiger partial charge in [-0.2, -0.15) is 0 Å². The molecule has 2 radical (unpaired) electrons. The molecule has 0 N–H and O–H groups in total. The molecule has 7 heavy (non-hydrogen) atoms. The molecule has 0 saturated heterocycles. The molecule has 0 nitrogen and oxygen atoms in total. The van der Waals surface area contributed by atoms with Crippen LogP contribution in [-0.4, -0.2) is 22.5 Å². The van der Waals surface area contributed by atoms with Gasteiger partial charge >= 0.3 is 46.7 Å². The van der Waals surface area contributed by atoms with Gasteiger partial charge in [0.1, 0.15) is 0 Å². The third-order valence-corrected chi connectivity index (χ3v) is 2.73. The second-order valence-corrected chi connectivity index (χ2v) is 4.21. The number of unbranched alkanes of at least 4 members (excludes halogenated alkanes) is 1. The van der Waals surface area contributed by atoms with Gasteiger partial charge in [-0.15, -0.1) is 0 Å². The largest absolute Gasteiger partial charge is 1.00 e. The smallest absolute Gasteiger partial charge is 1.00 e. The zero-order chi connectivity index (χ0) is 4.12. The molecule has 0 spiro atoms. The summed E-state index contributed by atoms with van der Waals surface area (Å²) in [5.74, 6) is 0. The van der Waals surface area contributed by atoms with Crippen LogP contribution in [0.3, 0.4) is 0 Å². The number of rotatable bonds is 2. The SMILES string of the molecule is CCC[CH2][SnH3+2].[I-].[I-]. The van der Waals surface area contributed by atoms with Crippen LogP contribution in [0.25, 0.3) is 0 Å². The van der Waals surface area contributed by atoms with Crippen LogP contribution in [0.15, 0.2) is 0 Å². The first-order chi connectivity index (χ1) is 2.41. The Labute approximate surface area is 93.3 Å². The molecule has 0 aromatic heterocycles. The first-order valence-electron chi connectivity index (χ1n) is 2.41. The molecule has 0 aliphatic carbocycles. The molecule has 0 aliphatic rings. The van der Waals surface area contributed by atoms with Gasteiger partial charge in [0.15, 0.2) is 0 Å². The van der Waals surface area contributed by atoms with Gasteiger partial charge in [-0.05, 0) is 0 Å². The fraction of sp³-hybridized carbons (Fsp3) is 1.00. The maximum Gasteiger partial charge on any atom is -1.00 e. The zero-order valence-corrected chi connectivity index (χ0v) is 14.9. The zero-order valence-electron chi connectivity index (χ0n) is 4.88. The number of halogens is 2. The predicted molar refractivity (Wildman–Crippen MR) is 29.7 cm³/mol. The van der Waals surface area contributed by atoms with Crippen molar-refractivity contribution >= 4 is 22.5 Å². The Hall–Kier alpha value is 2.26. The Morgan fingerprint density at radius 1 is 1.29 bits per heavy atom. The molecular formula is C4H12I2Sn. The van der Waals surface area contributed by atoms with Gasteiger partial charge < -0.3 is 48.0 Å². The topological polar surface area (TPSA) is 0 Å². The van der Waals surface area contributed by atoms with E-state index in [0.29, 0.717) is 0 Å². The molecule has 0 saturated carbocycles. The fourth-order valence-electron chi connectivity index (χ4n) is 0.354. The summed E-state index contributed by atoms with van der Waals surface area (Å²) in [5.41, 5.74) is 0. The van der Waals surface area contributed by atoms with Gasteiger partial charge in [0.2, 0.25) is 0 Å². The molecular weight excluding hydrogens is 421 g/mol. The third kappa shape index (κ3) is 17.8. The fourth-order valence-corrected chi connectivity index (χ4v) is 2.37. The average Bonchev–Trinajstić information content (AvgIpc) is 1.41. The van der Waals surface area contributed by atoms with Crippen LogP contribution in [0, 0.1) is 0 Å². The molecule has 0 atom stereocenters. The third-order valence-electron chi connectivity index (χ3n) is 0.707. The molecule has 0 aliphatic heterocycles. The Morgan fingerprint density at radius 2 is 1.71 bits per heavy atom. The Bertz CT molecular complexity index is 17.2. The summed E-state index contributed by atoms with van der Waals surface area (Å²) in [5, 5.41) is 0. The second kappa shape index (κ2) is 15.7. The molecule has 0 amide bonds. The van der Waals surface area contributed by atoms with Crippen molar-refractivity contribution in [2.24, 2.45) is 0 Å². The Morgan fingerprint density at radius 3 is 1.71 bits per heavy atom. The minimum Gasteiger partial charge on any atom is -1.00 e. The normalized spacial score (nSPS) is 6.43. The van der Waals surface area contributed by atoms with E-state index in [9.17, 15) is 0 Å². The van der Waals surface area contributed by atoms with Crippen LogP contribution in [0.5, 0.6) is 0 Å². The quantitative estimate of drug-likeness (QED) is 0.302. The van der Waals surface area contributed by atoms with E-state index in [-0.39, 0.29) is 48.0 Å². The van der Waals surface area contributed by atoms with E-state index < -0.39 is 0 Å². The van der Waals surface area contributed by atoms with Crippen LogP contribution >= 0.6 is 0 Å². The standard InChI is InChI=1S/C4H9.2HI.Sn.3H/c1-3-4-2;;;;;;/h1,3-4H2,2H3;2*1H;;;;/q;;;+2;;;/p-2. The van der Waals surface area contributed by atoms with E-state index >= 15 is 0 Å². The molecule has 0 rings (SSSR count). The number of hydrogen-bond acceptors (Lipinski definition) is 0. The molecule has 0 unspecified atom stereocenters. The first kappa shape index (κ1) is 16.1. The van der Waals surface area contributed by atoms with Crippen LogP contribution in [0.4, 0.5) is 0 Å². The van der Waals surface area contributed by atoms with Crippen molar-refractivity contribution < 1.29 is 48.0 Å². The van der Waals surface area contributed by atoms with Crippen molar-refractivity contribution in [1.82, 2.24) is 0 Å². The average molecular weight is 433 g/mol. The van der Waals surface area contributed by atoms with Gasteiger partial charge in [0.25, 0.3) is 0 Å². The van der Waals surface area contributed by atoms with E-state index in [1.54, 1.807) is 4.44 Å². The predicted octanol–water partition coefficient (Wildman–Crippen LogP) is -5.42. The summed E-state index contributed by atoms with van der Waals surface area (Å²) in [6.07, 6.45) is 2.88. The summed E-state index contributed by atoms with van der Waals surface area (Å²) in [6, 6.07) is 0. The van der Waals surface area contributed by atoms with E-state index in [4.69, 9.17) is 0 Å². The van der Waals surface area contributed by atoms with Crippen LogP contribution in [-0.2, 0) is 0 Å². The maximum atomic E-state index is 2.25. The van der Waals surface area contributed by atoms with Crippen molar-refractivity contribution in [3.63, 3.8) is 0 Å². The van der Waals surface area contributed by atoms with Crippen LogP contribution < -0.4 is 48.0 Å². The molecule has 46 valence electrons. The van der Waals surface area contributed by atoms with Crippen molar-refractivity contribution in [3.8, 4) is 0 Å². The summed E-state index contributed by atoms with van der Waals surface area (Å²) in [4.78, 5) is 0. The van der Waals surface area contributed by atoms with Crippen LogP contribution in [0.2, 0.25) is 4.44 Å². The van der Waals surface area contributed by atoms with E-state index in [2.05, 4.69) is 6.92 Å². The Balaban J connectivity index is -0.0000000800.